The normalized spacial score (nSPS) is 22.1. The molecule has 1 N–H and O–H groups in total. The molecule has 5 heterocycles. The number of fused-ring (bicyclic) bond motifs is 3. The molecule has 0 aliphatic carbocycles. The molecule has 0 spiro atoms. The lowest BCUT2D eigenvalue weighted by atomic mass is 10.1. The number of piperazine rings is 1. The third kappa shape index (κ3) is 3.06. The molecule has 4 aromatic rings. The van der Waals surface area contributed by atoms with Gasteiger partial charge in [0.05, 0.1) is 24.4 Å². The molecule has 2 aliphatic rings. The molecule has 3 aromatic heterocycles. The largest absolute Gasteiger partial charge is 0.392 e. The van der Waals surface area contributed by atoms with E-state index in [0.717, 1.165) is 54.9 Å². The van der Waals surface area contributed by atoms with Crippen LogP contribution in [0.3, 0.4) is 0 Å². The molecular formula is C21H22N8O. The van der Waals surface area contributed by atoms with E-state index in [2.05, 4.69) is 48.3 Å². The van der Waals surface area contributed by atoms with E-state index in [1.165, 1.54) is 0 Å². The minimum absolute atomic E-state index is 0.216. The van der Waals surface area contributed by atoms with Crippen LogP contribution in [-0.4, -0.2) is 78.3 Å². The molecule has 0 radical (unpaired) electrons. The standard InChI is InChI=1S/C21H22N8O/c30-17-9-16-12-28(7-6-27(16)13-17)19-10-23-20-21(24-19)29(26-25-20)11-14-3-4-18-15(8-14)2-1-5-22-18/h1-5,8,10,16-17,30H,6-7,9,11-13H2/t16-,17+/m0/s1. The van der Waals surface area contributed by atoms with Crippen molar-refractivity contribution >= 4 is 28.0 Å². The summed E-state index contributed by atoms with van der Waals surface area (Å²) in [5, 5.41) is 19.5. The van der Waals surface area contributed by atoms with Crippen molar-refractivity contribution in [3.63, 3.8) is 0 Å². The van der Waals surface area contributed by atoms with Gasteiger partial charge in [-0.1, -0.05) is 17.3 Å². The highest BCUT2D eigenvalue weighted by atomic mass is 16.3. The predicted molar refractivity (Wildman–Crippen MR) is 112 cm³/mol. The van der Waals surface area contributed by atoms with Crippen LogP contribution in [0.2, 0.25) is 0 Å². The summed E-state index contributed by atoms with van der Waals surface area (Å²) in [5.74, 6) is 0.842. The molecule has 30 heavy (non-hydrogen) atoms. The van der Waals surface area contributed by atoms with Gasteiger partial charge in [-0.2, -0.15) is 0 Å². The zero-order valence-electron chi connectivity index (χ0n) is 16.5. The number of aromatic nitrogens is 6. The van der Waals surface area contributed by atoms with Crippen LogP contribution in [-0.2, 0) is 6.54 Å². The van der Waals surface area contributed by atoms with Gasteiger partial charge in [0.1, 0.15) is 5.82 Å². The Morgan fingerprint density at radius 2 is 2.07 bits per heavy atom. The molecule has 0 saturated carbocycles. The Labute approximate surface area is 173 Å². The average molecular weight is 402 g/mol. The zero-order chi connectivity index (χ0) is 20.1. The Morgan fingerprint density at radius 1 is 1.10 bits per heavy atom. The fraction of sp³-hybridized carbons (Fsp3) is 0.381. The zero-order valence-corrected chi connectivity index (χ0v) is 16.5. The number of anilines is 1. The Balaban J connectivity index is 1.29. The number of benzene rings is 1. The van der Waals surface area contributed by atoms with E-state index in [9.17, 15) is 5.11 Å². The molecular weight excluding hydrogens is 380 g/mol. The molecule has 0 unspecified atom stereocenters. The van der Waals surface area contributed by atoms with Gasteiger partial charge in [0.15, 0.2) is 5.65 Å². The van der Waals surface area contributed by atoms with Crippen LogP contribution in [0.4, 0.5) is 5.82 Å². The summed E-state index contributed by atoms with van der Waals surface area (Å²) >= 11 is 0. The van der Waals surface area contributed by atoms with Gasteiger partial charge >= 0.3 is 0 Å². The first-order valence-electron chi connectivity index (χ1n) is 10.3. The molecule has 9 heteroatoms. The van der Waals surface area contributed by atoms with E-state index >= 15 is 0 Å². The summed E-state index contributed by atoms with van der Waals surface area (Å²) in [6.07, 6.45) is 4.19. The maximum absolute atomic E-state index is 9.96. The van der Waals surface area contributed by atoms with Crippen molar-refractivity contribution in [2.24, 2.45) is 0 Å². The molecule has 0 amide bonds. The molecule has 2 saturated heterocycles. The van der Waals surface area contributed by atoms with E-state index in [0.29, 0.717) is 23.9 Å². The van der Waals surface area contributed by atoms with Crippen molar-refractivity contribution in [1.82, 2.24) is 34.8 Å². The van der Waals surface area contributed by atoms with Gasteiger partial charge < -0.3 is 10.0 Å². The SMILES string of the molecule is O[C@@H]1C[C@H]2CN(c3cnc4nnn(Cc5ccc6ncccc6c5)c4n3)CCN2C1. The molecule has 6 rings (SSSR count). The molecule has 0 bridgehead atoms. The summed E-state index contributed by atoms with van der Waals surface area (Å²) in [4.78, 5) is 18.4. The third-order valence-corrected chi connectivity index (χ3v) is 6.13. The minimum Gasteiger partial charge on any atom is -0.392 e. The van der Waals surface area contributed by atoms with Crippen LogP contribution in [0.15, 0.2) is 42.7 Å². The van der Waals surface area contributed by atoms with Crippen LogP contribution in [0.25, 0.3) is 22.2 Å². The summed E-state index contributed by atoms with van der Waals surface area (Å²) in [5.41, 5.74) is 3.33. The fourth-order valence-corrected chi connectivity index (χ4v) is 4.63. The lowest BCUT2D eigenvalue weighted by Gasteiger charge is -2.37. The summed E-state index contributed by atoms with van der Waals surface area (Å²) in [6.45, 7) is 4.02. The van der Waals surface area contributed by atoms with Gasteiger partial charge in [0, 0.05) is 43.8 Å². The Hall–Kier alpha value is -3.17. The summed E-state index contributed by atoms with van der Waals surface area (Å²) in [7, 11) is 0. The number of nitrogens with zero attached hydrogens (tertiary/aromatic N) is 8. The first-order chi connectivity index (χ1) is 14.7. The highest BCUT2D eigenvalue weighted by Gasteiger charge is 2.35. The van der Waals surface area contributed by atoms with Crippen molar-refractivity contribution in [1.29, 1.82) is 0 Å². The van der Waals surface area contributed by atoms with E-state index in [1.54, 1.807) is 17.1 Å². The smallest absolute Gasteiger partial charge is 0.221 e. The number of aliphatic hydroxyl groups excluding tert-OH is 1. The topological polar surface area (TPSA) is 96.1 Å². The van der Waals surface area contributed by atoms with Crippen molar-refractivity contribution in [3.8, 4) is 0 Å². The second-order valence-electron chi connectivity index (χ2n) is 8.14. The van der Waals surface area contributed by atoms with Crippen LogP contribution in [0.5, 0.6) is 0 Å². The van der Waals surface area contributed by atoms with Gasteiger partial charge in [0.2, 0.25) is 5.65 Å². The molecule has 2 fully saturated rings. The summed E-state index contributed by atoms with van der Waals surface area (Å²) in [6, 6.07) is 10.6. The highest BCUT2D eigenvalue weighted by molar-refractivity contribution is 5.79. The van der Waals surface area contributed by atoms with E-state index in [1.807, 2.05) is 12.1 Å². The Kier molecular flexibility index (Phi) is 4.10. The first kappa shape index (κ1) is 17.7. The molecule has 9 nitrogen and oxygen atoms in total. The molecule has 152 valence electrons. The van der Waals surface area contributed by atoms with Gasteiger partial charge in [0.25, 0.3) is 0 Å². The van der Waals surface area contributed by atoms with Crippen molar-refractivity contribution < 1.29 is 5.11 Å². The number of pyridine rings is 1. The molecule has 2 aliphatic heterocycles. The number of hydrogen-bond acceptors (Lipinski definition) is 8. The van der Waals surface area contributed by atoms with Crippen LogP contribution in [0.1, 0.15) is 12.0 Å². The molecule has 1 aromatic carbocycles. The van der Waals surface area contributed by atoms with Crippen LogP contribution < -0.4 is 4.90 Å². The minimum atomic E-state index is -0.216. The highest BCUT2D eigenvalue weighted by Crippen LogP contribution is 2.25. The number of aliphatic hydroxyl groups is 1. The maximum Gasteiger partial charge on any atom is 0.221 e. The van der Waals surface area contributed by atoms with Gasteiger partial charge in [-0.3, -0.25) is 9.88 Å². The first-order valence-corrected chi connectivity index (χ1v) is 10.3. The number of hydrogen-bond donors (Lipinski definition) is 1. The van der Waals surface area contributed by atoms with Crippen molar-refractivity contribution in [3.05, 3.63) is 48.3 Å². The Bertz CT molecular complexity index is 1220. The lowest BCUT2D eigenvalue weighted by Crippen LogP contribution is -2.50. The van der Waals surface area contributed by atoms with E-state index in [4.69, 9.17) is 4.98 Å². The van der Waals surface area contributed by atoms with Gasteiger partial charge in [-0.05, 0) is 30.2 Å². The van der Waals surface area contributed by atoms with Crippen molar-refractivity contribution in [2.45, 2.75) is 25.1 Å². The van der Waals surface area contributed by atoms with Gasteiger partial charge in [-0.25, -0.2) is 14.6 Å². The van der Waals surface area contributed by atoms with E-state index < -0.39 is 0 Å². The van der Waals surface area contributed by atoms with Crippen molar-refractivity contribution in [2.75, 3.05) is 31.1 Å². The summed E-state index contributed by atoms with van der Waals surface area (Å²) < 4.78 is 1.80. The van der Waals surface area contributed by atoms with Crippen LogP contribution >= 0.6 is 0 Å². The molecule has 2 atom stereocenters. The third-order valence-electron chi connectivity index (χ3n) is 6.13. The fourth-order valence-electron chi connectivity index (χ4n) is 4.63. The van der Waals surface area contributed by atoms with Crippen LogP contribution in [0, 0.1) is 0 Å². The second kappa shape index (κ2) is 6.96. The predicted octanol–water partition coefficient (Wildman–Crippen LogP) is 1.07. The number of rotatable bonds is 3. The lowest BCUT2D eigenvalue weighted by molar-refractivity contribution is 0.173. The quantitative estimate of drug-likeness (QED) is 0.544. The maximum atomic E-state index is 9.96. The monoisotopic (exact) mass is 402 g/mol. The average Bonchev–Trinajstić information content (AvgIpc) is 3.35. The second-order valence-corrected chi connectivity index (χ2v) is 8.14. The van der Waals surface area contributed by atoms with Gasteiger partial charge in [-0.15, -0.1) is 5.10 Å². The van der Waals surface area contributed by atoms with E-state index in [-0.39, 0.29) is 6.10 Å². The Morgan fingerprint density at radius 3 is 3.03 bits per heavy atom.